The second-order valence-electron chi connectivity index (χ2n) is 6.76. The van der Waals surface area contributed by atoms with E-state index in [-0.39, 0.29) is 11.5 Å². The third kappa shape index (κ3) is 4.09. The molecule has 0 spiro atoms. The van der Waals surface area contributed by atoms with Gasteiger partial charge < -0.3 is 5.73 Å². The molecule has 0 aliphatic heterocycles. The first kappa shape index (κ1) is 16.1. The van der Waals surface area contributed by atoms with Crippen LogP contribution in [-0.2, 0) is 11.8 Å². The first-order valence-electron chi connectivity index (χ1n) is 7.38. The molecule has 0 amide bonds. The normalized spacial score (nSPS) is 13.2. The highest BCUT2D eigenvalue weighted by molar-refractivity contribution is 6.30. The summed E-state index contributed by atoms with van der Waals surface area (Å²) in [5.74, 6) is 0. The standard InChI is InChI=1S/C19H24ClN/c1-13-11-16(20)9-10-17(13)18(21)12-14-5-7-15(8-6-14)19(2,3)4/h5-11,18H,12,21H2,1-4H3. The highest BCUT2D eigenvalue weighted by Gasteiger charge is 2.14. The molecule has 0 aliphatic rings. The second-order valence-corrected chi connectivity index (χ2v) is 7.19. The Morgan fingerprint density at radius 3 is 2.19 bits per heavy atom. The zero-order valence-corrected chi connectivity index (χ0v) is 14.0. The molecule has 1 atom stereocenters. The van der Waals surface area contributed by atoms with Gasteiger partial charge in [-0.1, -0.05) is 62.7 Å². The second kappa shape index (κ2) is 6.21. The van der Waals surface area contributed by atoms with Gasteiger partial charge in [-0.15, -0.1) is 0 Å². The Morgan fingerprint density at radius 1 is 1.05 bits per heavy atom. The van der Waals surface area contributed by atoms with Crippen LogP contribution in [0.2, 0.25) is 5.02 Å². The number of hydrogen-bond acceptors (Lipinski definition) is 1. The molecule has 0 aliphatic carbocycles. The van der Waals surface area contributed by atoms with Crippen molar-refractivity contribution < 1.29 is 0 Å². The number of rotatable bonds is 3. The average Bonchev–Trinajstić information content (AvgIpc) is 2.38. The molecule has 112 valence electrons. The predicted molar refractivity (Wildman–Crippen MR) is 92.0 cm³/mol. The molecule has 21 heavy (non-hydrogen) atoms. The lowest BCUT2D eigenvalue weighted by Crippen LogP contribution is -2.15. The Kier molecular flexibility index (Phi) is 4.75. The molecule has 0 radical (unpaired) electrons. The van der Waals surface area contributed by atoms with E-state index < -0.39 is 0 Å². The van der Waals surface area contributed by atoms with Gasteiger partial charge in [0.25, 0.3) is 0 Å². The Morgan fingerprint density at radius 2 is 1.67 bits per heavy atom. The molecule has 2 aromatic carbocycles. The lowest BCUT2D eigenvalue weighted by atomic mass is 9.86. The van der Waals surface area contributed by atoms with Gasteiger partial charge in [-0.25, -0.2) is 0 Å². The Bertz CT molecular complexity index is 608. The highest BCUT2D eigenvalue weighted by Crippen LogP contribution is 2.25. The van der Waals surface area contributed by atoms with Gasteiger partial charge in [0.15, 0.2) is 0 Å². The molecule has 2 N–H and O–H groups in total. The van der Waals surface area contributed by atoms with E-state index in [0.29, 0.717) is 0 Å². The van der Waals surface area contributed by atoms with Crippen LogP contribution in [0, 0.1) is 6.92 Å². The van der Waals surface area contributed by atoms with Gasteiger partial charge in [0.2, 0.25) is 0 Å². The fraction of sp³-hybridized carbons (Fsp3) is 0.368. The maximum atomic E-state index is 6.36. The summed E-state index contributed by atoms with van der Waals surface area (Å²) in [5.41, 5.74) is 11.5. The summed E-state index contributed by atoms with van der Waals surface area (Å²) < 4.78 is 0. The van der Waals surface area contributed by atoms with Gasteiger partial charge in [0, 0.05) is 11.1 Å². The van der Waals surface area contributed by atoms with Gasteiger partial charge in [-0.2, -0.15) is 0 Å². The number of aryl methyl sites for hydroxylation is 1. The lowest BCUT2D eigenvalue weighted by Gasteiger charge is -2.20. The van der Waals surface area contributed by atoms with E-state index in [1.54, 1.807) is 0 Å². The molecule has 1 unspecified atom stereocenters. The third-order valence-electron chi connectivity index (χ3n) is 3.91. The average molecular weight is 302 g/mol. The topological polar surface area (TPSA) is 26.0 Å². The zero-order chi connectivity index (χ0) is 15.6. The van der Waals surface area contributed by atoms with Crippen LogP contribution >= 0.6 is 11.6 Å². The van der Waals surface area contributed by atoms with Crippen molar-refractivity contribution in [3.8, 4) is 0 Å². The molecule has 0 bridgehead atoms. The molecular formula is C19H24ClN. The summed E-state index contributed by atoms with van der Waals surface area (Å²) in [7, 11) is 0. The van der Waals surface area contributed by atoms with Crippen LogP contribution in [0.3, 0.4) is 0 Å². The summed E-state index contributed by atoms with van der Waals surface area (Å²) in [6.45, 7) is 8.74. The molecule has 0 heterocycles. The van der Waals surface area contributed by atoms with Gasteiger partial charge in [0.1, 0.15) is 0 Å². The van der Waals surface area contributed by atoms with Crippen LogP contribution in [0.4, 0.5) is 0 Å². The van der Waals surface area contributed by atoms with Gasteiger partial charge in [0.05, 0.1) is 0 Å². The quantitative estimate of drug-likeness (QED) is 0.829. The van der Waals surface area contributed by atoms with Crippen LogP contribution in [-0.4, -0.2) is 0 Å². The van der Waals surface area contributed by atoms with Crippen LogP contribution in [0.5, 0.6) is 0 Å². The fourth-order valence-corrected chi connectivity index (χ4v) is 2.79. The van der Waals surface area contributed by atoms with E-state index in [1.807, 2.05) is 18.2 Å². The number of nitrogens with two attached hydrogens (primary N) is 1. The first-order chi connectivity index (χ1) is 9.77. The van der Waals surface area contributed by atoms with Crippen LogP contribution < -0.4 is 5.73 Å². The molecule has 0 saturated heterocycles. The first-order valence-corrected chi connectivity index (χ1v) is 7.76. The van der Waals surface area contributed by atoms with Crippen molar-refractivity contribution in [2.24, 2.45) is 5.73 Å². The van der Waals surface area contributed by atoms with E-state index >= 15 is 0 Å². The highest BCUT2D eigenvalue weighted by atomic mass is 35.5. The van der Waals surface area contributed by atoms with Crippen molar-refractivity contribution in [1.82, 2.24) is 0 Å². The van der Waals surface area contributed by atoms with E-state index in [1.165, 1.54) is 16.7 Å². The summed E-state index contributed by atoms with van der Waals surface area (Å²) in [6, 6.07) is 14.7. The monoisotopic (exact) mass is 301 g/mol. The zero-order valence-electron chi connectivity index (χ0n) is 13.3. The molecular weight excluding hydrogens is 278 g/mol. The van der Waals surface area contributed by atoms with Crippen molar-refractivity contribution in [3.05, 3.63) is 69.7 Å². The maximum absolute atomic E-state index is 6.36. The van der Waals surface area contributed by atoms with Crippen LogP contribution in [0.15, 0.2) is 42.5 Å². The van der Waals surface area contributed by atoms with E-state index in [0.717, 1.165) is 17.0 Å². The lowest BCUT2D eigenvalue weighted by molar-refractivity contribution is 0.589. The fourth-order valence-electron chi connectivity index (χ4n) is 2.56. The molecule has 1 nitrogen and oxygen atoms in total. The van der Waals surface area contributed by atoms with Crippen molar-refractivity contribution in [2.75, 3.05) is 0 Å². The van der Waals surface area contributed by atoms with Gasteiger partial charge in [-0.05, 0) is 53.1 Å². The SMILES string of the molecule is Cc1cc(Cl)ccc1C(N)Cc1ccc(C(C)(C)C)cc1. The largest absolute Gasteiger partial charge is 0.324 e. The van der Waals surface area contributed by atoms with E-state index in [4.69, 9.17) is 17.3 Å². The number of hydrogen-bond donors (Lipinski definition) is 1. The maximum Gasteiger partial charge on any atom is 0.0408 e. The van der Waals surface area contributed by atoms with Gasteiger partial charge >= 0.3 is 0 Å². The minimum absolute atomic E-state index is 0.00255. The van der Waals surface area contributed by atoms with E-state index in [2.05, 4.69) is 52.0 Å². The summed E-state index contributed by atoms with van der Waals surface area (Å²) >= 11 is 6.00. The molecule has 0 aromatic heterocycles. The van der Waals surface area contributed by atoms with Crippen molar-refractivity contribution in [2.45, 2.75) is 45.6 Å². The van der Waals surface area contributed by atoms with Crippen LogP contribution in [0.1, 0.15) is 49.1 Å². The number of halogens is 1. The Balaban J connectivity index is 2.14. The summed E-state index contributed by atoms with van der Waals surface area (Å²) in [4.78, 5) is 0. The molecule has 0 saturated carbocycles. The van der Waals surface area contributed by atoms with Crippen molar-refractivity contribution in [3.63, 3.8) is 0 Å². The number of benzene rings is 2. The van der Waals surface area contributed by atoms with Crippen LogP contribution in [0.25, 0.3) is 0 Å². The van der Waals surface area contributed by atoms with E-state index in [9.17, 15) is 0 Å². The molecule has 2 rings (SSSR count). The smallest absolute Gasteiger partial charge is 0.0408 e. The Labute approximate surface area is 133 Å². The molecule has 2 heteroatoms. The van der Waals surface area contributed by atoms with Gasteiger partial charge in [-0.3, -0.25) is 0 Å². The minimum atomic E-state index is 0.00255. The third-order valence-corrected chi connectivity index (χ3v) is 4.14. The minimum Gasteiger partial charge on any atom is -0.324 e. The Hall–Kier alpha value is -1.31. The summed E-state index contributed by atoms with van der Waals surface area (Å²) in [6.07, 6.45) is 0.840. The summed E-state index contributed by atoms with van der Waals surface area (Å²) in [5, 5.41) is 0.762. The molecule has 0 fully saturated rings. The van der Waals surface area contributed by atoms with Crippen molar-refractivity contribution >= 4 is 11.6 Å². The van der Waals surface area contributed by atoms with Crippen molar-refractivity contribution in [1.29, 1.82) is 0 Å². The molecule has 2 aromatic rings. The predicted octanol–water partition coefficient (Wildman–Crippen LogP) is 5.19.